The average Bonchev–Trinajstić information content (AvgIpc) is 2.63. The van der Waals surface area contributed by atoms with Crippen LogP contribution in [0.2, 0.25) is 0 Å². The van der Waals surface area contributed by atoms with E-state index in [0.717, 1.165) is 24.3 Å². The number of methoxy groups -OCH3 is 1. The number of halogens is 2. The zero-order valence-electron chi connectivity index (χ0n) is 14.8. The van der Waals surface area contributed by atoms with Crippen LogP contribution in [0.3, 0.4) is 0 Å². The number of carbonyl (C=O) groups is 2. The van der Waals surface area contributed by atoms with Crippen LogP contribution < -0.4 is 10.3 Å². The van der Waals surface area contributed by atoms with Crippen LogP contribution in [0.25, 0.3) is 5.70 Å². The highest BCUT2D eigenvalue weighted by Gasteiger charge is 2.40. The molecule has 1 aromatic rings. The summed E-state index contributed by atoms with van der Waals surface area (Å²) in [4.78, 5) is 25.4. The molecule has 0 saturated carbocycles. The van der Waals surface area contributed by atoms with Gasteiger partial charge < -0.3 is 24.9 Å². The summed E-state index contributed by atoms with van der Waals surface area (Å²) in [5, 5.41) is 10.2. The van der Waals surface area contributed by atoms with E-state index in [0.29, 0.717) is 26.3 Å². The third kappa shape index (κ3) is 3.45. The van der Waals surface area contributed by atoms with Crippen molar-refractivity contribution >= 4 is 23.1 Å². The molecule has 1 fully saturated rings. The molecular formula is C17H19F2N3O5. The molecule has 2 aliphatic heterocycles. The summed E-state index contributed by atoms with van der Waals surface area (Å²) < 4.78 is 39.7. The molecule has 8 nitrogen and oxygen atoms in total. The molecule has 27 heavy (non-hydrogen) atoms. The van der Waals surface area contributed by atoms with Crippen molar-refractivity contribution in [2.75, 3.05) is 45.4 Å². The normalized spacial score (nSPS) is 21.3. The summed E-state index contributed by atoms with van der Waals surface area (Å²) in [6.45, 7) is 1.70. The number of aliphatic carboxylic acids is 1. The minimum Gasteiger partial charge on any atom is -0.491 e. The first-order valence-corrected chi connectivity index (χ1v) is 8.22. The van der Waals surface area contributed by atoms with Crippen LogP contribution in [-0.2, 0) is 19.1 Å². The molecule has 2 N–H and O–H groups in total. The monoisotopic (exact) mass is 383 g/mol. The number of hydrogen-bond acceptors (Lipinski definition) is 7. The number of anilines is 1. The molecule has 1 unspecified atom stereocenters. The third-order valence-corrected chi connectivity index (χ3v) is 4.47. The number of nitrogens with zero attached hydrogens (tertiary/aromatic N) is 2. The second-order valence-corrected chi connectivity index (χ2v) is 6.12. The number of carboxylic acid groups (broad SMARTS) is 1. The Morgan fingerprint density at radius 2 is 1.96 bits per heavy atom. The van der Waals surface area contributed by atoms with E-state index in [2.05, 4.69) is 5.43 Å². The Morgan fingerprint density at radius 3 is 2.56 bits per heavy atom. The molecule has 1 aromatic carbocycles. The predicted octanol–water partition coefficient (Wildman–Crippen LogP) is 0.589. The number of morpholine rings is 1. The lowest BCUT2D eigenvalue weighted by Crippen LogP contribution is -2.55. The van der Waals surface area contributed by atoms with Crippen molar-refractivity contribution in [3.63, 3.8) is 0 Å². The lowest BCUT2D eigenvalue weighted by molar-refractivity contribution is -0.149. The maximum Gasteiger partial charge on any atom is 0.331 e. The van der Waals surface area contributed by atoms with Crippen molar-refractivity contribution in [1.82, 2.24) is 10.4 Å². The van der Waals surface area contributed by atoms with E-state index in [1.807, 2.05) is 0 Å². The Morgan fingerprint density at radius 1 is 1.30 bits per heavy atom. The van der Waals surface area contributed by atoms with Gasteiger partial charge in [-0.25, -0.2) is 18.6 Å². The first-order chi connectivity index (χ1) is 12.8. The van der Waals surface area contributed by atoms with Gasteiger partial charge in [-0.3, -0.25) is 4.79 Å². The number of ketones is 1. The van der Waals surface area contributed by atoms with Crippen LogP contribution in [0, 0.1) is 11.6 Å². The SMILES string of the molecule is COC1=C(c2cc(F)c(N3CCOCC3)cc2F)NN(C)C(C(=O)O)C1=O. The van der Waals surface area contributed by atoms with Crippen LogP contribution >= 0.6 is 0 Å². The minimum absolute atomic E-state index is 0.0954. The van der Waals surface area contributed by atoms with Gasteiger partial charge in [-0.2, -0.15) is 0 Å². The van der Waals surface area contributed by atoms with Crippen LogP contribution in [-0.4, -0.2) is 68.4 Å². The fourth-order valence-electron chi connectivity index (χ4n) is 3.15. The fourth-order valence-corrected chi connectivity index (χ4v) is 3.15. The van der Waals surface area contributed by atoms with Gasteiger partial charge in [0.15, 0.2) is 11.8 Å². The van der Waals surface area contributed by atoms with Gasteiger partial charge in [0.2, 0.25) is 5.78 Å². The van der Waals surface area contributed by atoms with E-state index in [-0.39, 0.29) is 22.7 Å². The third-order valence-electron chi connectivity index (χ3n) is 4.47. The lowest BCUT2D eigenvalue weighted by atomic mass is 10.0. The van der Waals surface area contributed by atoms with Gasteiger partial charge in [0.1, 0.15) is 17.3 Å². The van der Waals surface area contributed by atoms with E-state index < -0.39 is 29.4 Å². The number of hydrogen-bond donors (Lipinski definition) is 2. The summed E-state index contributed by atoms with van der Waals surface area (Å²) in [5.74, 6) is -4.08. The largest absolute Gasteiger partial charge is 0.491 e. The van der Waals surface area contributed by atoms with Crippen LogP contribution in [0.4, 0.5) is 14.5 Å². The van der Waals surface area contributed by atoms with Crippen LogP contribution in [0.5, 0.6) is 0 Å². The van der Waals surface area contributed by atoms with Gasteiger partial charge in [-0.1, -0.05) is 0 Å². The second kappa shape index (κ2) is 7.49. The van der Waals surface area contributed by atoms with Gasteiger partial charge in [0.05, 0.1) is 26.0 Å². The molecule has 10 heteroatoms. The molecule has 2 aliphatic rings. The molecule has 1 saturated heterocycles. The number of rotatable bonds is 4. The second-order valence-electron chi connectivity index (χ2n) is 6.12. The van der Waals surface area contributed by atoms with E-state index in [9.17, 15) is 23.5 Å². The Bertz CT molecular complexity index is 808. The van der Waals surface area contributed by atoms with E-state index >= 15 is 0 Å². The summed E-state index contributed by atoms with van der Waals surface area (Å²) in [5.41, 5.74) is 2.34. The van der Waals surface area contributed by atoms with Gasteiger partial charge >= 0.3 is 5.97 Å². The summed E-state index contributed by atoms with van der Waals surface area (Å²) in [6, 6.07) is 0.472. The first-order valence-electron chi connectivity index (χ1n) is 8.22. The molecule has 1 atom stereocenters. The number of benzene rings is 1. The van der Waals surface area contributed by atoms with E-state index in [4.69, 9.17) is 9.47 Å². The van der Waals surface area contributed by atoms with Crippen molar-refractivity contribution in [2.24, 2.45) is 0 Å². The van der Waals surface area contributed by atoms with Crippen LogP contribution in [0.15, 0.2) is 17.9 Å². The number of hydrazine groups is 1. The van der Waals surface area contributed by atoms with E-state index in [1.54, 1.807) is 4.90 Å². The standard InChI is InChI=1S/C17H19F2N3O5/c1-21-14(17(24)25)15(23)16(26-2)13(20-21)9-7-11(19)12(8-10(9)18)22-3-5-27-6-4-22/h7-8,14,20H,3-6H2,1-2H3,(H,24,25). The zero-order valence-corrected chi connectivity index (χ0v) is 14.8. The molecule has 0 bridgehead atoms. The Labute approximate surface area is 153 Å². The molecule has 0 aromatic heterocycles. The number of carboxylic acids is 1. The predicted molar refractivity (Wildman–Crippen MR) is 90.6 cm³/mol. The molecule has 3 rings (SSSR count). The minimum atomic E-state index is -1.54. The Kier molecular flexibility index (Phi) is 5.29. The average molecular weight is 383 g/mol. The lowest BCUT2D eigenvalue weighted by Gasteiger charge is -2.33. The van der Waals surface area contributed by atoms with Crippen molar-refractivity contribution in [2.45, 2.75) is 6.04 Å². The summed E-state index contributed by atoms with van der Waals surface area (Å²) in [7, 11) is 2.48. The molecule has 146 valence electrons. The van der Waals surface area contributed by atoms with Gasteiger partial charge in [0, 0.05) is 31.8 Å². The smallest absolute Gasteiger partial charge is 0.331 e. The van der Waals surface area contributed by atoms with E-state index in [1.165, 1.54) is 7.05 Å². The molecule has 0 spiro atoms. The maximum absolute atomic E-state index is 14.8. The number of carbonyl (C=O) groups excluding carboxylic acids is 1. The highest BCUT2D eigenvalue weighted by molar-refractivity contribution is 6.14. The molecule has 2 heterocycles. The Balaban J connectivity index is 2.04. The van der Waals surface area contributed by atoms with Gasteiger partial charge in [-0.15, -0.1) is 0 Å². The summed E-state index contributed by atoms with van der Waals surface area (Å²) in [6.07, 6.45) is 0. The molecule has 0 amide bonds. The van der Waals surface area contributed by atoms with Crippen molar-refractivity contribution < 1.29 is 33.0 Å². The van der Waals surface area contributed by atoms with Crippen LogP contribution in [0.1, 0.15) is 5.56 Å². The molecule has 0 aliphatic carbocycles. The van der Waals surface area contributed by atoms with Crippen molar-refractivity contribution in [1.29, 1.82) is 0 Å². The fraction of sp³-hybridized carbons (Fsp3) is 0.412. The highest BCUT2D eigenvalue weighted by atomic mass is 19.1. The number of nitrogens with one attached hydrogen (secondary N) is 1. The first kappa shape index (κ1) is 19.1. The summed E-state index contributed by atoms with van der Waals surface area (Å²) >= 11 is 0. The topological polar surface area (TPSA) is 91.3 Å². The molecule has 0 radical (unpaired) electrons. The maximum atomic E-state index is 14.8. The zero-order chi connectivity index (χ0) is 19.7. The van der Waals surface area contributed by atoms with Gasteiger partial charge in [0.25, 0.3) is 0 Å². The quantitative estimate of drug-likeness (QED) is 0.730. The number of likely N-dealkylation sites (N-methyl/N-ethyl adjacent to an activating group) is 1. The number of Topliss-reactive ketones (excluding diaryl/α,β-unsaturated/α-hetero) is 1. The van der Waals surface area contributed by atoms with Gasteiger partial charge in [-0.05, 0) is 6.07 Å². The van der Waals surface area contributed by atoms with Crippen molar-refractivity contribution in [3.8, 4) is 0 Å². The Hall–Kier alpha value is -2.72. The highest BCUT2D eigenvalue weighted by Crippen LogP contribution is 2.31. The molecular weight excluding hydrogens is 364 g/mol. The number of ether oxygens (including phenoxy) is 2. The van der Waals surface area contributed by atoms with Crippen molar-refractivity contribution in [3.05, 3.63) is 35.1 Å².